The first kappa shape index (κ1) is 16.8. The van der Waals surface area contributed by atoms with E-state index in [4.69, 9.17) is 13.0 Å². The number of rotatable bonds is 0. The van der Waals surface area contributed by atoms with Crippen LogP contribution in [0, 0.1) is 6.07 Å². The van der Waals surface area contributed by atoms with Gasteiger partial charge in [0.15, 0.2) is 10.1 Å². The summed E-state index contributed by atoms with van der Waals surface area (Å²) in [6.07, 6.45) is 0. The van der Waals surface area contributed by atoms with Gasteiger partial charge in [0.2, 0.25) is 0 Å². The van der Waals surface area contributed by atoms with E-state index in [2.05, 4.69) is 6.07 Å². The van der Waals surface area contributed by atoms with Gasteiger partial charge in [0.05, 0.1) is 0 Å². The van der Waals surface area contributed by atoms with Crippen molar-refractivity contribution in [3.63, 3.8) is 0 Å². The molecule has 0 aromatic heterocycles. The van der Waals surface area contributed by atoms with E-state index in [0.717, 1.165) is 0 Å². The predicted octanol–water partition coefficient (Wildman–Crippen LogP) is 1.54. The Morgan fingerprint density at radius 2 is 1.40 bits per heavy atom. The van der Waals surface area contributed by atoms with Crippen molar-refractivity contribution in [3.05, 3.63) is 36.4 Å². The third-order valence-corrected chi connectivity index (χ3v) is 1.46. The van der Waals surface area contributed by atoms with Gasteiger partial charge in [-0.25, -0.2) is 8.42 Å². The standard InChI is InChI=1S/C6H5.CHF3O3S.Ni/c1-2-4-6-5-3-1;2-1(3,4)8(5,6)7;/h1-5H;(H,5,6,7);/q-1;;+2/p-1. The van der Waals surface area contributed by atoms with Gasteiger partial charge in [0.1, 0.15) is 0 Å². The minimum absolute atomic E-state index is 0. The van der Waals surface area contributed by atoms with E-state index in [0.29, 0.717) is 0 Å². The minimum atomic E-state index is -6.09. The summed E-state index contributed by atoms with van der Waals surface area (Å²) in [6, 6.07) is 12.5. The quantitative estimate of drug-likeness (QED) is 0.314. The van der Waals surface area contributed by atoms with Gasteiger partial charge in [-0.2, -0.15) is 49.6 Å². The van der Waals surface area contributed by atoms with Gasteiger partial charge in [-0.3, -0.25) is 0 Å². The molecule has 0 amide bonds. The van der Waals surface area contributed by atoms with E-state index >= 15 is 0 Å². The smallest absolute Gasteiger partial charge is 0.741 e. The van der Waals surface area contributed by atoms with Gasteiger partial charge in [-0.15, -0.1) is 0 Å². The second-order valence-corrected chi connectivity index (χ2v) is 3.35. The average Bonchev–Trinajstić information content (AvgIpc) is 2.05. The Kier molecular flexibility index (Phi) is 7.65. The number of hydrogen-bond donors (Lipinski definition) is 0. The molecule has 0 radical (unpaired) electrons. The van der Waals surface area contributed by atoms with E-state index in [1.54, 1.807) is 0 Å². The molecular weight excluding hydrogens is 280 g/mol. The van der Waals surface area contributed by atoms with Crippen LogP contribution in [0.3, 0.4) is 0 Å². The molecule has 0 heterocycles. The number of hydrogen-bond acceptors (Lipinski definition) is 3. The van der Waals surface area contributed by atoms with Crippen LogP contribution in [0.1, 0.15) is 0 Å². The summed E-state index contributed by atoms with van der Waals surface area (Å²) in [5.74, 6) is 0. The maximum Gasteiger partial charge on any atom is 2.00 e. The second kappa shape index (κ2) is 6.82. The molecule has 15 heavy (non-hydrogen) atoms. The summed E-state index contributed by atoms with van der Waals surface area (Å²) in [6.45, 7) is 0. The van der Waals surface area contributed by atoms with Gasteiger partial charge in [-0.1, -0.05) is 0 Å². The van der Waals surface area contributed by atoms with Crippen molar-refractivity contribution in [1.29, 1.82) is 0 Å². The van der Waals surface area contributed by atoms with Gasteiger partial charge in [0.25, 0.3) is 0 Å². The fraction of sp³-hybridized carbons (Fsp3) is 0.143. The maximum absolute atomic E-state index is 10.7. The first-order valence-electron chi connectivity index (χ1n) is 3.18. The molecule has 0 fully saturated rings. The first-order valence-corrected chi connectivity index (χ1v) is 4.59. The van der Waals surface area contributed by atoms with Gasteiger partial charge >= 0.3 is 22.0 Å². The molecule has 0 unspecified atom stereocenters. The van der Waals surface area contributed by atoms with Crippen LogP contribution in [0.5, 0.6) is 0 Å². The largest absolute Gasteiger partial charge is 2.00 e. The van der Waals surface area contributed by atoms with Crippen LogP contribution in [0.2, 0.25) is 0 Å². The molecule has 1 aromatic carbocycles. The Morgan fingerprint density at radius 1 is 1.07 bits per heavy atom. The minimum Gasteiger partial charge on any atom is -0.741 e. The van der Waals surface area contributed by atoms with Crippen molar-refractivity contribution in [2.24, 2.45) is 0 Å². The monoisotopic (exact) mass is 284 g/mol. The molecule has 0 aliphatic rings. The topological polar surface area (TPSA) is 57.2 Å². The molecule has 0 aliphatic heterocycles. The number of alkyl halides is 3. The van der Waals surface area contributed by atoms with Crippen LogP contribution < -0.4 is 0 Å². The van der Waals surface area contributed by atoms with Gasteiger partial charge in [0, 0.05) is 0 Å². The third kappa shape index (κ3) is 8.41. The van der Waals surface area contributed by atoms with E-state index in [1.807, 2.05) is 30.3 Å². The van der Waals surface area contributed by atoms with Crippen LogP contribution >= 0.6 is 0 Å². The van der Waals surface area contributed by atoms with Crippen molar-refractivity contribution in [2.45, 2.75) is 5.51 Å². The molecular formula is C7H5F3NiO3S. The van der Waals surface area contributed by atoms with Gasteiger partial charge < -0.3 is 4.55 Å². The molecule has 1 rings (SSSR count). The maximum atomic E-state index is 10.7. The molecule has 0 aliphatic carbocycles. The fourth-order valence-electron chi connectivity index (χ4n) is 0.342. The summed E-state index contributed by atoms with van der Waals surface area (Å²) in [5.41, 5.74) is -5.65. The van der Waals surface area contributed by atoms with Crippen LogP contribution in [-0.4, -0.2) is 18.5 Å². The zero-order valence-electron chi connectivity index (χ0n) is 6.97. The van der Waals surface area contributed by atoms with Crippen LogP contribution in [-0.2, 0) is 26.6 Å². The van der Waals surface area contributed by atoms with E-state index < -0.39 is 15.6 Å². The summed E-state index contributed by atoms with van der Waals surface area (Å²) in [5, 5.41) is 0. The van der Waals surface area contributed by atoms with Crippen molar-refractivity contribution < 1.29 is 42.6 Å². The van der Waals surface area contributed by atoms with Crippen LogP contribution in [0.4, 0.5) is 13.2 Å². The molecule has 8 heteroatoms. The Hall–Kier alpha value is -0.586. The molecule has 0 bridgehead atoms. The third-order valence-electron chi connectivity index (χ3n) is 0.891. The molecule has 0 N–H and O–H groups in total. The molecule has 0 atom stereocenters. The normalized spacial score (nSPS) is 10.7. The summed E-state index contributed by atoms with van der Waals surface area (Å²) in [7, 11) is -6.09. The van der Waals surface area contributed by atoms with Crippen molar-refractivity contribution in [1.82, 2.24) is 0 Å². The Morgan fingerprint density at radius 3 is 1.47 bits per heavy atom. The Labute approximate surface area is 95.0 Å². The molecule has 3 nitrogen and oxygen atoms in total. The molecule has 0 saturated carbocycles. The average molecular weight is 285 g/mol. The van der Waals surface area contributed by atoms with Crippen molar-refractivity contribution in [2.75, 3.05) is 0 Å². The van der Waals surface area contributed by atoms with E-state index in [-0.39, 0.29) is 16.5 Å². The molecule has 88 valence electrons. The van der Waals surface area contributed by atoms with Crippen LogP contribution in [0.15, 0.2) is 30.3 Å². The number of benzene rings is 1. The molecule has 1 aromatic rings. The molecule has 0 spiro atoms. The Bertz CT molecular complexity index is 323. The van der Waals surface area contributed by atoms with Crippen molar-refractivity contribution >= 4 is 10.1 Å². The SMILES string of the molecule is O=S(=O)([O-])C(F)(F)F.[Ni+2].[c-]1ccccc1. The fourth-order valence-corrected chi connectivity index (χ4v) is 0.342. The number of halogens is 3. The summed E-state index contributed by atoms with van der Waals surface area (Å²) >= 11 is 0. The first-order chi connectivity index (χ1) is 6.25. The van der Waals surface area contributed by atoms with Gasteiger partial charge in [-0.05, 0) is 0 Å². The van der Waals surface area contributed by atoms with E-state index in [1.165, 1.54) is 0 Å². The van der Waals surface area contributed by atoms with Crippen LogP contribution in [0.25, 0.3) is 0 Å². The van der Waals surface area contributed by atoms with Crippen molar-refractivity contribution in [3.8, 4) is 0 Å². The Balaban J connectivity index is 0. The second-order valence-electron chi connectivity index (χ2n) is 1.98. The predicted molar refractivity (Wildman–Crippen MR) is 41.0 cm³/mol. The molecule has 0 saturated heterocycles. The zero-order chi connectivity index (χ0) is 11.2. The summed E-state index contributed by atoms with van der Waals surface area (Å²) in [4.78, 5) is 0. The zero-order valence-corrected chi connectivity index (χ0v) is 8.77. The summed E-state index contributed by atoms with van der Waals surface area (Å²) < 4.78 is 58.9. The van der Waals surface area contributed by atoms with E-state index in [9.17, 15) is 13.2 Å².